The molecule has 0 aromatic carbocycles. The standard InChI is InChI=1S/C5H8O2.C2H6O2/c1-2-4-7-5-3-6;3-1-2-4/h1,6H,3-5H2;3-4H,1-2H2. The lowest BCUT2D eigenvalue weighted by atomic mass is 10.7. The van der Waals surface area contributed by atoms with E-state index in [1.54, 1.807) is 0 Å². The molecule has 0 aromatic rings. The fourth-order valence-electron chi connectivity index (χ4n) is 0.196. The van der Waals surface area contributed by atoms with Gasteiger partial charge in [0.1, 0.15) is 6.61 Å². The van der Waals surface area contributed by atoms with Gasteiger partial charge in [-0.15, -0.1) is 6.42 Å². The third-order valence-electron chi connectivity index (χ3n) is 0.521. The molecule has 4 heteroatoms. The number of hydrogen-bond acceptors (Lipinski definition) is 4. The number of ether oxygens (including phenoxy) is 1. The summed E-state index contributed by atoms with van der Waals surface area (Å²) in [6, 6.07) is 0. The maximum absolute atomic E-state index is 8.10. The van der Waals surface area contributed by atoms with Crippen LogP contribution in [0.15, 0.2) is 0 Å². The zero-order valence-electron chi connectivity index (χ0n) is 6.36. The van der Waals surface area contributed by atoms with Crippen molar-refractivity contribution in [3.05, 3.63) is 0 Å². The minimum Gasteiger partial charge on any atom is -0.394 e. The average molecular weight is 162 g/mol. The quantitative estimate of drug-likeness (QED) is 0.351. The highest BCUT2D eigenvalue weighted by Gasteiger charge is 1.76. The van der Waals surface area contributed by atoms with Crippen molar-refractivity contribution in [2.45, 2.75) is 0 Å². The third-order valence-corrected chi connectivity index (χ3v) is 0.521. The summed E-state index contributed by atoms with van der Waals surface area (Å²) in [6.07, 6.45) is 4.81. The summed E-state index contributed by atoms with van der Waals surface area (Å²) in [4.78, 5) is 0. The summed E-state index contributed by atoms with van der Waals surface area (Å²) < 4.78 is 4.65. The van der Waals surface area contributed by atoms with Crippen molar-refractivity contribution in [3.63, 3.8) is 0 Å². The van der Waals surface area contributed by atoms with Gasteiger partial charge in [-0.1, -0.05) is 5.92 Å². The Labute approximate surface area is 66.4 Å². The van der Waals surface area contributed by atoms with Crippen LogP contribution in [0.4, 0.5) is 0 Å². The van der Waals surface area contributed by atoms with Gasteiger partial charge in [-0.3, -0.25) is 0 Å². The van der Waals surface area contributed by atoms with E-state index in [-0.39, 0.29) is 19.8 Å². The first-order chi connectivity index (χ1) is 5.33. The van der Waals surface area contributed by atoms with Crippen molar-refractivity contribution in [1.29, 1.82) is 0 Å². The molecule has 0 aliphatic carbocycles. The molecule has 0 atom stereocenters. The average Bonchev–Trinajstić information content (AvgIpc) is 2.06. The molecular formula is C7H14O4. The molecule has 66 valence electrons. The number of hydrogen-bond donors (Lipinski definition) is 3. The predicted octanol–water partition coefficient (Wildman–Crippen LogP) is -1.40. The fraction of sp³-hybridized carbons (Fsp3) is 0.714. The molecule has 0 saturated heterocycles. The minimum absolute atomic E-state index is 0.0433. The summed E-state index contributed by atoms with van der Waals surface area (Å²) in [5.74, 6) is 2.27. The van der Waals surface area contributed by atoms with Crippen LogP contribution in [0.1, 0.15) is 0 Å². The molecular weight excluding hydrogens is 148 g/mol. The maximum Gasteiger partial charge on any atom is 0.107 e. The minimum atomic E-state index is -0.125. The van der Waals surface area contributed by atoms with Gasteiger partial charge in [-0.2, -0.15) is 0 Å². The third kappa shape index (κ3) is 26.6. The van der Waals surface area contributed by atoms with E-state index in [2.05, 4.69) is 10.7 Å². The molecule has 0 amide bonds. The first kappa shape index (κ1) is 13.0. The Morgan fingerprint density at radius 2 is 1.64 bits per heavy atom. The largest absolute Gasteiger partial charge is 0.394 e. The van der Waals surface area contributed by atoms with E-state index in [0.29, 0.717) is 13.2 Å². The molecule has 4 nitrogen and oxygen atoms in total. The van der Waals surface area contributed by atoms with Crippen molar-refractivity contribution in [2.24, 2.45) is 0 Å². The van der Waals surface area contributed by atoms with Crippen molar-refractivity contribution >= 4 is 0 Å². The predicted molar refractivity (Wildman–Crippen MR) is 40.9 cm³/mol. The number of terminal acetylenes is 1. The Hall–Kier alpha value is -0.600. The van der Waals surface area contributed by atoms with E-state index >= 15 is 0 Å². The SMILES string of the molecule is C#CCOCCO.OCCO. The van der Waals surface area contributed by atoms with Crippen LogP contribution < -0.4 is 0 Å². The van der Waals surface area contributed by atoms with E-state index < -0.39 is 0 Å². The zero-order valence-corrected chi connectivity index (χ0v) is 6.36. The van der Waals surface area contributed by atoms with Crippen molar-refractivity contribution < 1.29 is 20.1 Å². The Bertz CT molecular complexity index is 84.9. The molecule has 0 bridgehead atoms. The van der Waals surface area contributed by atoms with Gasteiger partial charge in [0.15, 0.2) is 0 Å². The molecule has 0 fully saturated rings. The van der Waals surface area contributed by atoms with Crippen LogP contribution in [-0.4, -0.2) is 48.4 Å². The second kappa shape index (κ2) is 16.2. The molecule has 0 rings (SSSR count). The Morgan fingerprint density at radius 3 is 1.91 bits per heavy atom. The Balaban J connectivity index is 0. The molecule has 0 unspecified atom stereocenters. The number of aliphatic hydroxyl groups is 3. The molecule has 0 aliphatic rings. The van der Waals surface area contributed by atoms with E-state index in [0.717, 1.165) is 0 Å². The molecule has 3 N–H and O–H groups in total. The van der Waals surface area contributed by atoms with Gasteiger partial charge in [0, 0.05) is 0 Å². The Morgan fingerprint density at radius 1 is 1.09 bits per heavy atom. The molecule has 0 aromatic heterocycles. The Kier molecular flexibility index (Phi) is 19.2. The van der Waals surface area contributed by atoms with Crippen LogP contribution in [0.25, 0.3) is 0 Å². The van der Waals surface area contributed by atoms with Gasteiger partial charge >= 0.3 is 0 Å². The summed E-state index contributed by atoms with van der Waals surface area (Å²) in [5, 5.41) is 23.3. The van der Waals surface area contributed by atoms with E-state index in [1.807, 2.05) is 0 Å². The smallest absolute Gasteiger partial charge is 0.107 e. The summed E-state index contributed by atoms with van der Waals surface area (Å²) in [5.41, 5.74) is 0. The van der Waals surface area contributed by atoms with Gasteiger partial charge in [0.2, 0.25) is 0 Å². The van der Waals surface area contributed by atoms with Gasteiger partial charge in [-0.05, 0) is 0 Å². The molecule has 0 heterocycles. The monoisotopic (exact) mass is 162 g/mol. The van der Waals surface area contributed by atoms with Crippen molar-refractivity contribution in [3.8, 4) is 12.3 Å². The van der Waals surface area contributed by atoms with Crippen molar-refractivity contribution in [1.82, 2.24) is 0 Å². The lowest BCUT2D eigenvalue weighted by Crippen LogP contribution is -1.97. The van der Waals surface area contributed by atoms with E-state index in [9.17, 15) is 0 Å². The maximum atomic E-state index is 8.10. The van der Waals surface area contributed by atoms with Crippen LogP contribution in [0.2, 0.25) is 0 Å². The van der Waals surface area contributed by atoms with Crippen LogP contribution in [-0.2, 0) is 4.74 Å². The lowest BCUT2D eigenvalue weighted by molar-refractivity contribution is 0.115. The van der Waals surface area contributed by atoms with Crippen LogP contribution in [0.5, 0.6) is 0 Å². The number of aliphatic hydroxyl groups excluding tert-OH is 3. The molecule has 0 saturated carbocycles. The van der Waals surface area contributed by atoms with Gasteiger partial charge < -0.3 is 20.1 Å². The topological polar surface area (TPSA) is 69.9 Å². The van der Waals surface area contributed by atoms with E-state index in [1.165, 1.54) is 0 Å². The lowest BCUT2D eigenvalue weighted by Gasteiger charge is -1.90. The number of rotatable bonds is 4. The normalized spacial score (nSPS) is 7.82. The molecule has 0 aliphatic heterocycles. The van der Waals surface area contributed by atoms with Crippen molar-refractivity contribution in [2.75, 3.05) is 33.0 Å². The highest BCUT2D eigenvalue weighted by molar-refractivity contribution is 4.82. The summed E-state index contributed by atoms with van der Waals surface area (Å²) in [7, 11) is 0. The van der Waals surface area contributed by atoms with Crippen LogP contribution in [0.3, 0.4) is 0 Å². The summed E-state index contributed by atoms with van der Waals surface area (Å²) >= 11 is 0. The highest BCUT2D eigenvalue weighted by Crippen LogP contribution is 1.67. The molecule has 11 heavy (non-hydrogen) atoms. The first-order valence-corrected chi connectivity index (χ1v) is 3.17. The zero-order chi connectivity index (χ0) is 8.95. The van der Waals surface area contributed by atoms with Gasteiger partial charge in [0.25, 0.3) is 0 Å². The second-order valence-corrected chi connectivity index (χ2v) is 1.43. The summed E-state index contributed by atoms with van der Waals surface area (Å²) in [6.45, 7) is 0.423. The van der Waals surface area contributed by atoms with Gasteiger partial charge in [0.05, 0.1) is 26.4 Å². The fourth-order valence-corrected chi connectivity index (χ4v) is 0.196. The van der Waals surface area contributed by atoms with Crippen LogP contribution in [0, 0.1) is 12.3 Å². The van der Waals surface area contributed by atoms with E-state index in [4.69, 9.17) is 21.7 Å². The molecule has 0 spiro atoms. The van der Waals surface area contributed by atoms with Crippen LogP contribution >= 0.6 is 0 Å². The molecule has 0 radical (unpaired) electrons. The van der Waals surface area contributed by atoms with Gasteiger partial charge in [-0.25, -0.2) is 0 Å². The highest BCUT2D eigenvalue weighted by atomic mass is 16.5. The first-order valence-electron chi connectivity index (χ1n) is 3.17. The second-order valence-electron chi connectivity index (χ2n) is 1.43.